The number of allylic oxidation sites excluding steroid dienone is 1. The highest BCUT2D eigenvalue weighted by Crippen LogP contribution is 1.90. The molecule has 0 radical (unpaired) electrons. The van der Waals surface area contributed by atoms with E-state index in [1.54, 1.807) is 12.4 Å². The quantitative estimate of drug-likeness (QED) is 0.484. The van der Waals surface area contributed by atoms with E-state index in [1.165, 1.54) is 0 Å². The Bertz CT molecular complexity index is 166. The lowest BCUT2D eigenvalue weighted by Crippen LogP contribution is -2.19. The Morgan fingerprint density at radius 3 is 2.64 bits per heavy atom. The fourth-order valence-corrected chi connectivity index (χ4v) is 0.638. The number of hydrogen-bond donors (Lipinski definition) is 1. The molecule has 11 heavy (non-hydrogen) atoms. The number of rotatable bonds is 4. The first-order valence-electron chi connectivity index (χ1n) is 3.76. The predicted molar refractivity (Wildman–Crippen MR) is 50.7 cm³/mol. The standard InChI is InChI=1S/C9H16N2/c1-5-10-7-6-9(4)11-8(2)3/h5-8,11H,4H2,1-3H3/b7-6-,10-5?. The molecule has 0 aliphatic heterocycles. The van der Waals surface area contributed by atoms with Gasteiger partial charge in [0.15, 0.2) is 0 Å². The lowest BCUT2D eigenvalue weighted by Gasteiger charge is -2.07. The molecule has 0 rings (SSSR count). The molecule has 0 aromatic rings. The molecule has 0 heterocycles. The number of nitrogens with zero attached hydrogens (tertiary/aromatic N) is 1. The third-order valence-corrected chi connectivity index (χ3v) is 0.985. The SMILES string of the molecule is C=C(/C=C\N=CC)NC(C)C. The molecule has 0 amide bonds. The van der Waals surface area contributed by atoms with Crippen molar-refractivity contribution in [2.45, 2.75) is 26.8 Å². The largest absolute Gasteiger partial charge is 0.383 e. The van der Waals surface area contributed by atoms with Crippen molar-refractivity contribution in [1.29, 1.82) is 0 Å². The van der Waals surface area contributed by atoms with Gasteiger partial charge in [-0.1, -0.05) is 6.58 Å². The lowest BCUT2D eigenvalue weighted by molar-refractivity contribution is 0.683. The zero-order chi connectivity index (χ0) is 8.69. The van der Waals surface area contributed by atoms with Crippen LogP contribution in [0.5, 0.6) is 0 Å². The average molecular weight is 152 g/mol. The lowest BCUT2D eigenvalue weighted by atomic mass is 10.3. The molecule has 0 saturated heterocycles. The van der Waals surface area contributed by atoms with E-state index in [0.29, 0.717) is 6.04 Å². The summed E-state index contributed by atoms with van der Waals surface area (Å²) in [5, 5.41) is 3.15. The third kappa shape index (κ3) is 6.84. The van der Waals surface area contributed by atoms with Gasteiger partial charge in [0.25, 0.3) is 0 Å². The predicted octanol–water partition coefficient (Wildman–Crippen LogP) is 2.10. The van der Waals surface area contributed by atoms with Crippen LogP contribution in [0, 0.1) is 0 Å². The van der Waals surface area contributed by atoms with Crippen LogP contribution in [0.25, 0.3) is 0 Å². The molecule has 0 aromatic heterocycles. The molecule has 1 N–H and O–H groups in total. The van der Waals surface area contributed by atoms with Gasteiger partial charge in [0.1, 0.15) is 0 Å². The molecule has 62 valence electrons. The van der Waals surface area contributed by atoms with Crippen LogP contribution in [-0.2, 0) is 0 Å². The van der Waals surface area contributed by atoms with Gasteiger partial charge in [-0.05, 0) is 26.8 Å². The van der Waals surface area contributed by atoms with Crippen LogP contribution in [0.2, 0.25) is 0 Å². The summed E-state index contributed by atoms with van der Waals surface area (Å²) in [7, 11) is 0. The highest BCUT2D eigenvalue weighted by atomic mass is 14.9. The van der Waals surface area contributed by atoms with Gasteiger partial charge in [-0.2, -0.15) is 0 Å². The topological polar surface area (TPSA) is 24.4 Å². The van der Waals surface area contributed by atoms with E-state index in [9.17, 15) is 0 Å². The molecule has 0 atom stereocenters. The van der Waals surface area contributed by atoms with E-state index in [2.05, 4.69) is 30.7 Å². The smallest absolute Gasteiger partial charge is 0.0284 e. The Kier molecular flexibility index (Phi) is 5.17. The minimum atomic E-state index is 0.428. The van der Waals surface area contributed by atoms with E-state index < -0.39 is 0 Å². The zero-order valence-corrected chi connectivity index (χ0v) is 7.46. The van der Waals surface area contributed by atoms with Crippen LogP contribution in [0.3, 0.4) is 0 Å². The molecule has 2 heteroatoms. The van der Waals surface area contributed by atoms with Crippen molar-refractivity contribution in [3.8, 4) is 0 Å². The summed E-state index contributed by atoms with van der Waals surface area (Å²) in [6, 6.07) is 0.428. The monoisotopic (exact) mass is 152 g/mol. The van der Waals surface area contributed by atoms with E-state index in [1.807, 2.05) is 13.0 Å². The van der Waals surface area contributed by atoms with Crippen LogP contribution >= 0.6 is 0 Å². The summed E-state index contributed by atoms with van der Waals surface area (Å²) in [6.45, 7) is 9.82. The molecule has 0 aromatic carbocycles. The molecule has 0 aliphatic carbocycles. The number of nitrogens with one attached hydrogen (secondary N) is 1. The summed E-state index contributed by atoms with van der Waals surface area (Å²) in [6.07, 6.45) is 5.30. The van der Waals surface area contributed by atoms with Crippen molar-refractivity contribution in [3.63, 3.8) is 0 Å². The van der Waals surface area contributed by atoms with E-state index in [0.717, 1.165) is 5.70 Å². The Balaban J connectivity index is 3.69. The average Bonchev–Trinajstić information content (AvgIpc) is 1.86. The van der Waals surface area contributed by atoms with Crippen LogP contribution in [-0.4, -0.2) is 12.3 Å². The minimum absolute atomic E-state index is 0.428. The molecular weight excluding hydrogens is 136 g/mol. The summed E-state index contributed by atoms with van der Waals surface area (Å²) in [4.78, 5) is 3.91. The highest BCUT2D eigenvalue weighted by molar-refractivity contribution is 5.54. The second-order valence-electron chi connectivity index (χ2n) is 2.55. The van der Waals surface area contributed by atoms with Gasteiger partial charge in [0.2, 0.25) is 0 Å². The van der Waals surface area contributed by atoms with Crippen LogP contribution < -0.4 is 5.32 Å². The van der Waals surface area contributed by atoms with Gasteiger partial charge in [-0.25, -0.2) is 0 Å². The van der Waals surface area contributed by atoms with Gasteiger partial charge in [-0.15, -0.1) is 0 Å². The second-order valence-corrected chi connectivity index (χ2v) is 2.55. The second kappa shape index (κ2) is 5.71. The normalized spacial score (nSPS) is 11.6. The molecule has 0 unspecified atom stereocenters. The fourth-order valence-electron chi connectivity index (χ4n) is 0.638. The molecule has 0 fully saturated rings. The van der Waals surface area contributed by atoms with E-state index >= 15 is 0 Å². The van der Waals surface area contributed by atoms with Gasteiger partial charge >= 0.3 is 0 Å². The molecule has 0 saturated carbocycles. The Hall–Kier alpha value is -1.05. The van der Waals surface area contributed by atoms with Crippen molar-refractivity contribution in [2.75, 3.05) is 0 Å². The summed E-state index contributed by atoms with van der Waals surface area (Å²) >= 11 is 0. The van der Waals surface area contributed by atoms with Gasteiger partial charge in [0.05, 0.1) is 0 Å². The van der Waals surface area contributed by atoms with E-state index in [-0.39, 0.29) is 0 Å². The Labute approximate surface area is 68.7 Å². The fraction of sp³-hybridized carbons (Fsp3) is 0.444. The molecular formula is C9H16N2. The molecule has 0 aliphatic rings. The first-order chi connectivity index (χ1) is 5.16. The maximum atomic E-state index is 3.91. The van der Waals surface area contributed by atoms with E-state index in [4.69, 9.17) is 0 Å². The Morgan fingerprint density at radius 2 is 2.18 bits per heavy atom. The molecule has 0 bridgehead atoms. The first kappa shape index (κ1) is 9.95. The number of aliphatic imine (C=N–C) groups is 1. The van der Waals surface area contributed by atoms with Gasteiger partial charge < -0.3 is 5.32 Å². The van der Waals surface area contributed by atoms with Crippen LogP contribution in [0.1, 0.15) is 20.8 Å². The first-order valence-corrected chi connectivity index (χ1v) is 3.76. The van der Waals surface area contributed by atoms with Crippen LogP contribution in [0.15, 0.2) is 29.5 Å². The summed E-state index contributed by atoms with van der Waals surface area (Å²) in [5.74, 6) is 0. The molecule has 2 nitrogen and oxygen atoms in total. The zero-order valence-electron chi connectivity index (χ0n) is 7.46. The molecule has 0 spiro atoms. The van der Waals surface area contributed by atoms with Crippen molar-refractivity contribution in [2.24, 2.45) is 4.99 Å². The summed E-state index contributed by atoms with van der Waals surface area (Å²) < 4.78 is 0. The van der Waals surface area contributed by atoms with Crippen molar-refractivity contribution in [1.82, 2.24) is 5.32 Å². The third-order valence-electron chi connectivity index (χ3n) is 0.985. The minimum Gasteiger partial charge on any atom is -0.383 e. The maximum absolute atomic E-state index is 3.91. The summed E-state index contributed by atoms with van der Waals surface area (Å²) in [5.41, 5.74) is 0.894. The maximum Gasteiger partial charge on any atom is 0.0284 e. The van der Waals surface area contributed by atoms with Crippen molar-refractivity contribution < 1.29 is 0 Å². The van der Waals surface area contributed by atoms with Crippen LogP contribution in [0.4, 0.5) is 0 Å². The van der Waals surface area contributed by atoms with Gasteiger partial charge in [-0.3, -0.25) is 4.99 Å². The highest BCUT2D eigenvalue weighted by Gasteiger charge is 1.89. The van der Waals surface area contributed by atoms with Crippen molar-refractivity contribution >= 4 is 6.21 Å². The Morgan fingerprint density at radius 1 is 1.55 bits per heavy atom. The van der Waals surface area contributed by atoms with Crippen molar-refractivity contribution in [3.05, 3.63) is 24.6 Å². The van der Waals surface area contributed by atoms with Gasteiger partial charge in [0, 0.05) is 24.2 Å². The number of hydrogen-bond acceptors (Lipinski definition) is 2.